The number of nitrogen functional groups attached to an aromatic ring is 1. The zero-order valence-corrected chi connectivity index (χ0v) is 11.6. The lowest BCUT2D eigenvalue weighted by Gasteiger charge is -2.12. The van der Waals surface area contributed by atoms with Crippen molar-refractivity contribution in [1.82, 2.24) is 0 Å². The Hall–Kier alpha value is -1.83. The second-order valence-electron chi connectivity index (χ2n) is 3.93. The number of primary sulfonamides is 1. The number of sulfonamides is 1. The Morgan fingerprint density at radius 1 is 1.20 bits per heavy atom. The van der Waals surface area contributed by atoms with Crippen LogP contribution in [0.5, 0.6) is 11.5 Å². The fraction of sp³-hybridized carbons (Fsp3) is 0. The van der Waals surface area contributed by atoms with Gasteiger partial charge in [0.2, 0.25) is 10.0 Å². The van der Waals surface area contributed by atoms with Crippen LogP contribution in [0.4, 0.5) is 10.1 Å². The molecule has 2 aromatic carbocycles. The zero-order valence-electron chi connectivity index (χ0n) is 10.0. The first kappa shape index (κ1) is 14.6. The fourth-order valence-electron chi connectivity index (χ4n) is 1.55. The van der Waals surface area contributed by atoms with Gasteiger partial charge in [-0.1, -0.05) is 17.7 Å². The highest BCUT2D eigenvalue weighted by atomic mass is 35.5. The Morgan fingerprint density at radius 2 is 1.90 bits per heavy atom. The number of anilines is 1. The Kier molecular flexibility index (Phi) is 3.85. The van der Waals surface area contributed by atoms with Crippen LogP contribution in [0.3, 0.4) is 0 Å². The number of nitrogens with two attached hydrogens (primary N) is 2. The molecular weight excluding hydrogens is 307 g/mol. The lowest BCUT2D eigenvalue weighted by Crippen LogP contribution is -2.14. The third-order valence-corrected chi connectivity index (χ3v) is 3.51. The minimum Gasteiger partial charge on any atom is -0.453 e. The molecule has 0 atom stereocenters. The summed E-state index contributed by atoms with van der Waals surface area (Å²) in [5.41, 5.74) is 5.33. The van der Waals surface area contributed by atoms with Crippen molar-refractivity contribution < 1.29 is 17.5 Å². The molecule has 2 aromatic rings. The van der Waals surface area contributed by atoms with Gasteiger partial charge in [0, 0.05) is 16.8 Å². The van der Waals surface area contributed by atoms with E-state index in [1.54, 1.807) is 12.1 Å². The van der Waals surface area contributed by atoms with Gasteiger partial charge >= 0.3 is 0 Å². The fourth-order valence-corrected chi connectivity index (χ4v) is 2.43. The van der Waals surface area contributed by atoms with Gasteiger partial charge in [-0.2, -0.15) is 0 Å². The molecule has 8 heteroatoms. The standard InChI is InChI=1S/C12H10ClFN2O3S/c13-7-2-1-3-9(4-7)19-12-10(14)5-8(15)6-11(12)20(16,17)18/h1-6H,15H2,(H2,16,17,18). The molecule has 2 rings (SSSR count). The maximum atomic E-state index is 13.9. The first-order valence-electron chi connectivity index (χ1n) is 5.32. The molecule has 0 saturated heterocycles. The number of rotatable bonds is 3. The molecule has 0 aliphatic heterocycles. The lowest BCUT2D eigenvalue weighted by atomic mass is 10.3. The van der Waals surface area contributed by atoms with Crippen molar-refractivity contribution >= 4 is 27.3 Å². The van der Waals surface area contributed by atoms with Gasteiger partial charge in [-0.15, -0.1) is 0 Å². The number of hydrogen-bond donors (Lipinski definition) is 2. The maximum Gasteiger partial charge on any atom is 0.241 e. The van der Waals surface area contributed by atoms with Gasteiger partial charge in [-0.3, -0.25) is 0 Å². The average Bonchev–Trinajstić information content (AvgIpc) is 2.31. The van der Waals surface area contributed by atoms with Crippen LogP contribution >= 0.6 is 11.6 Å². The molecule has 0 fully saturated rings. The normalized spacial score (nSPS) is 11.3. The van der Waals surface area contributed by atoms with Crippen LogP contribution in [0.15, 0.2) is 41.3 Å². The average molecular weight is 317 g/mol. The highest BCUT2D eigenvalue weighted by molar-refractivity contribution is 7.89. The second kappa shape index (κ2) is 5.28. The number of halogens is 2. The van der Waals surface area contributed by atoms with Crippen molar-refractivity contribution in [3.8, 4) is 11.5 Å². The summed E-state index contributed by atoms with van der Waals surface area (Å²) in [6.07, 6.45) is 0. The first-order chi connectivity index (χ1) is 9.27. The molecule has 20 heavy (non-hydrogen) atoms. The molecule has 0 bridgehead atoms. The first-order valence-corrected chi connectivity index (χ1v) is 7.25. The van der Waals surface area contributed by atoms with E-state index in [1.807, 2.05) is 0 Å². The molecule has 0 aliphatic rings. The summed E-state index contributed by atoms with van der Waals surface area (Å²) in [5.74, 6) is -1.29. The molecule has 5 nitrogen and oxygen atoms in total. The predicted octanol–water partition coefficient (Wildman–Crippen LogP) is 2.50. The molecule has 0 amide bonds. The smallest absolute Gasteiger partial charge is 0.241 e. The monoisotopic (exact) mass is 316 g/mol. The van der Waals surface area contributed by atoms with E-state index in [2.05, 4.69) is 0 Å². The minimum atomic E-state index is -4.19. The number of ether oxygens (including phenoxy) is 1. The third-order valence-electron chi connectivity index (χ3n) is 2.35. The highest BCUT2D eigenvalue weighted by Crippen LogP contribution is 2.33. The summed E-state index contributed by atoms with van der Waals surface area (Å²) in [7, 11) is -4.19. The van der Waals surface area contributed by atoms with Gasteiger partial charge < -0.3 is 10.5 Å². The maximum absolute atomic E-state index is 13.9. The Balaban J connectivity index is 2.56. The van der Waals surface area contributed by atoms with Crippen LogP contribution in [-0.4, -0.2) is 8.42 Å². The van der Waals surface area contributed by atoms with Gasteiger partial charge in [0.25, 0.3) is 0 Å². The van der Waals surface area contributed by atoms with Crippen LogP contribution in [-0.2, 0) is 10.0 Å². The third kappa shape index (κ3) is 3.19. The van der Waals surface area contributed by atoms with Crippen molar-refractivity contribution in [2.75, 3.05) is 5.73 Å². The molecule has 106 valence electrons. The molecule has 0 unspecified atom stereocenters. The van der Waals surface area contributed by atoms with E-state index in [-0.39, 0.29) is 11.4 Å². The van der Waals surface area contributed by atoms with E-state index < -0.39 is 26.5 Å². The molecule has 0 spiro atoms. The summed E-state index contributed by atoms with van der Waals surface area (Å²) in [4.78, 5) is -0.532. The Labute approximate surface area is 120 Å². The van der Waals surface area contributed by atoms with Gasteiger partial charge in [-0.25, -0.2) is 17.9 Å². The second-order valence-corrected chi connectivity index (χ2v) is 5.90. The van der Waals surface area contributed by atoms with E-state index in [0.29, 0.717) is 5.02 Å². The van der Waals surface area contributed by atoms with E-state index in [9.17, 15) is 12.8 Å². The van der Waals surface area contributed by atoms with E-state index in [0.717, 1.165) is 12.1 Å². The van der Waals surface area contributed by atoms with Gasteiger partial charge in [0.1, 0.15) is 10.6 Å². The summed E-state index contributed by atoms with van der Waals surface area (Å²) in [6.45, 7) is 0. The van der Waals surface area contributed by atoms with Crippen molar-refractivity contribution in [2.45, 2.75) is 4.90 Å². The van der Waals surface area contributed by atoms with Crippen LogP contribution in [0.25, 0.3) is 0 Å². The predicted molar refractivity (Wildman–Crippen MR) is 73.7 cm³/mol. The quantitative estimate of drug-likeness (QED) is 0.850. The summed E-state index contributed by atoms with van der Waals surface area (Å²) < 4.78 is 42.0. The number of benzene rings is 2. The van der Waals surface area contributed by atoms with Gasteiger partial charge in [-0.05, 0) is 24.3 Å². The van der Waals surface area contributed by atoms with E-state index in [1.165, 1.54) is 12.1 Å². The molecule has 0 saturated carbocycles. The summed E-state index contributed by atoms with van der Waals surface area (Å²) >= 11 is 5.77. The summed E-state index contributed by atoms with van der Waals surface area (Å²) in [6, 6.07) is 8.03. The minimum absolute atomic E-state index is 0.0787. The van der Waals surface area contributed by atoms with Crippen LogP contribution in [0.1, 0.15) is 0 Å². The van der Waals surface area contributed by atoms with Crippen LogP contribution in [0.2, 0.25) is 5.02 Å². The molecule has 0 heterocycles. The van der Waals surface area contributed by atoms with E-state index >= 15 is 0 Å². The molecule has 0 aliphatic carbocycles. The SMILES string of the molecule is Nc1cc(F)c(Oc2cccc(Cl)c2)c(S(N)(=O)=O)c1. The van der Waals surface area contributed by atoms with Crippen molar-refractivity contribution in [2.24, 2.45) is 5.14 Å². The largest absolute Gasteiger partial charge is 0.453 e. The molecule has 0 aromatic heterocycles. The Morgan fingerprint density at radius 3 is 2.50 bits per heavy atom. The van der Waals surface area contributed by atoms with E-state index in [4.69, 9.17) is 27.2 Å². The van der Waals surface area contributed by atoms with Crippen LogP contribution in [0, 0.1) is 5.82 Å². The van der Waals surface area contributed by atoms with Crippen LogP contribution < -0.4 is 15.6 Å². The van der Waals surface area contributed by atoms with Crippen molar-refractivity contribution in [3.05, 3.63) is 47.2 Å². The lowest BCUT2D eigenvalue weighted by molar-refractivity contribution is 0.428. The number of hydrogen-bond acceptors (Lipinski definition) is 4. The van der Waals surface area contributed by atoms with Gasteiger partial charge in [0.05, 0.1) is 0 Å². The summed E-state index contributed by atoms with van der Waals surface area (Å²) in [5, 5.41) is 5.38. The van der Waals surface area contributed by atoms with Crippen molar-refractivity contribution in [3.63, 3.8) is 0 Å². The topological polar surface area (TPSA) is 95.4 Å². The Bertz CT molecular complexity index is 765. The van der Waals surface area contributed by atoms with Crippen molar-refractivity contribution in [1.29, 1.82) is 0 Å². The molecular formula is C12H10ClFN2O3S. The molecule has 4 N–H and O–H groups in total. The highest BCUT2D eigenvalue weighted by Gasteiger charge is 2.21. The van der Waals surface area contributed by atoms with Gasteiger partial charge in [0.15, 0.2) is 11.6 Å². The molecule has 0 radical (unpaired) electrons. The zero-order chi connectivity index (χ0) is 14.9.